The highest BCUT2D eigenvalue weighted by atomic mass is 79.9. The molecule has 0 bridgehead atoms. The lowest BCUT2D eigenvalue weighted by Crippen LogP contribution is -2.11. The number of aliphatic hydroxyl groups excluding tert-OH is 2. The minimum Gasteiger partial charge on any atom is -0.493 e. The van der Waals surface area contributed by atoms with Crippen molar-refractivity contribution in [1.29, 1.82) is 0 Å². The Balaban J connectivity index is 2.58. The van der Waals surface area contributed by atoms with E-state index in [2.05, 4.69) is 15.9 Å². The number of rotatable bonds is 7. The predicted molar refractivity (Wildman–Crippen MR) is 71.3 cm³/mol. The van der Waals surface area contributed by atoms with Gasteiger partial charge in [0.15, 0.2) is 0 Å². The summed E-state index contributed by atoms with van der Waals surface area (Å²) in [6.45, 7) is 2.67. The molecule has 0 fully saturated rings. The molecule has 3 nitrogen and oxygen atoms in total. The van der Waals surface area contributed by atoms with Crippen molar-refractivity contribution < 1.29 is 14.9 Å². The largest absolute Gasteiger partial charge is 0.493 e. The number of aliphatic hydroxyl groups is 2. The molecule has 1 aromatic carbocycles. The highest BCUT2D eigenvalue weighted by Gasteiger charge is 2.07. The molecular weight excluding hydrogens is 284 g/mol. The van der Waals surface area contributed by atoms with Crippen molar-refractivity contribution in [3.05, 3.63) is 28.2 Å². The maximum absolute atomic E-state index is 8.98. The molecule has 1 aromatic rings. The summed E-state index contributed by atoms with van der Waals surface area (Å²) in [7, 11) is 0. The summed E-state index contributed by atoms with van der Waals surface area (Å²) in [5, 5.41) is 18.0. The molecule has 0 aromatic heterocycles. The fourth-order valence-electron chi connectivity index (χ4n) is 1.58. The van der Waals surface area contributed by atoms with Crippen LogP contribution in [0.2, 0.25) is 0 Å². The molecule has 2 N–H and O–H groups in total. The van der Waals surface area contributed by atoms with Crippen LogP contribution >= 0.6 is 15.9 Å². The molecule has 17 heavy (non-hydrogen) atoms. The molecule has 1 rings (SSSR count). The van der Waals surface area contributed by atoms with Gasteiger partial charge in [-0.25, -0.2) is 0 Å². The van der Waals surface area contributed by atoms with E-state index in [1.165, 1.54) is 5.56 Å². The van der Waals surface area contributed by atoms with Gasteiger partial charge in [-0.05, 0) is 53.4 Å². The van der Waals surface area contributed by atoms with Crippen molar-refractivity contribution in [2.75, 3.05) is 19.8 Å². The van der Waals surface area contributed by atoms with Crippen molar-refractivity contribution in [3.8, 4) is 5.75 Å². The number of ether oxygens (including phenoxy) is 1. The molecule has 96 valence electrons. The molecular formula is C13H19BrO3. The summed E-state index contributed by atoms with van der Waals surface area (Å²) in [6.07, 6.45) is 1.63. The highest BCUT2D eigenvalue weighted by Crippen LogP contribution is 2.26. The van der Waals surface area contributed by atoms with E-state index in [-0.39, 0.29) is 19.1 Å². The van der Waals surface area contributed by atoms with Crippen LogP contribution in [0.5, 0.6) is 5.75 Å². The van der Waals surface area contributed by atoms with E-state index in [1.54, 1.807) is 0 Å². The van der Waals surface area contributed by atoms with Crippen LogP contribution < -0.4 is 4.74 Å². The summed E-state index contributed by atoms with van der Waals surface area (Å²) >= 11 is 3.47. The summed E-state index contributed by atoms with van der Waals surface area (Å²) < 4.78 is 6.38. The predicted octanol–water partition coefficient (Wildman–Crippen LogP) is 2.38. The van der Waals surface area contributed by atoms with Gasteiger partial charge in [-0.2, -0.15) is 0 Å². The Morgan fingerprint density at radius 2 is 2.00 bits per heavy atom. The molecule has 0 saturated heterocycles. The summed E-state index contributed by atoms with van der Waals surface area (Å²) in [6, 6.07) is 5.98. The zero-order chi connectivity index (χ0) is 12.7. The Hall–Kier alpha value is -0.580. The smallest absolute Gasteiger partial charge is 0.133 e. The second-order valence-electron chi connectivity index (χ2n) is 3.97. The lowest BCUT2D eigenvalue weighted by Gasteiger charge is -2.11. The first kappa shape index (κ1) is 14.5. The van der Waals surface area contributed by atoms with Crippen LogP contribution in [0.15, 0.2) is 22.7 Å². The molecule has 0 radical (unpaired) electrons. The van der Waals surface area contributed by atoms with E-state index in [0.717, 1.165) is 23.1 Å². The molecule has 0 aliphatic heterocycles. The Kier molecular flexibility index (Phi) is 6.55. The zero-order valence-corrected chi connectivity index (χ0v) is 11.6. The first-order valence-corrected chi connectivity index (χ1v) is 6.63. The number of hydrogen-bond acceptors (Lipinski definition) is 3. The standard InChI is InChI=1S/C13H19BrO3/c1-2-17-13-6-5-10(7-12(13)14)3-4-11(8-15)9-16/h5-7,11,15-16H,2-4,8-9H2,1H3. The maximum Gasteiger partial charge on any atom is 0.133 e. The monoisotopic (exact) mass is 302 g/mol. The van der Waals surface area contributed by atoms with Gasteiger partial charge in [-0.1, -0.05) is 6.07 Å². The van der Waals surface area contributed by atoms with Gasteiger partial charge < -0.3 is 14.9 Å². The van der Waals surface area contributed by atoms with Crippen LogP contribution in [0, 0.1) is 5.92 Å². The number of benzene rings is 1. The second-order valence-corrected chi connectivity index (χ2v) is 4.82. The third-order valence-electron chi connectivity index (χ3n) is 2.65. The van der Waals surface area contributed by atoms with Crippen LogP contribution in [0.3, 0.4) is 0 Å². The third-order valence-corrected chi connectivity index (χ3v) is 3.27. The topological polar surface area (TPSA) is 49.7 Å². The van der Waals surface area contributed by atoms with E-state index in [4.69, 9.17) is 14.9 Å². The average molecular weight is 303 g/mol. The van der Waals surface area contributed by atoms with Gasteiger partial charge in [0.1, 0.15) is 5.75 Å². The molecule has 0 amide bonds. The number of hydrogen-bond donors (Lipinski definition) is 2. The van der Waals surface area contributed by atoms with Crippen molar-refractivity contribution in [3.63, 3.8) is 0 Å². The number of aryl methyl sites for hydroxylation is 1. The van der Waals surface area contributed by atoms with Crippen molar-refractivity contribution >= 4 is 15.9 Å². The van der Waals surface area contributed by atoms with Crippen LogP contribution in [0.25, 0.3) is 0 Å². The van der Waals surface area contributed by atoms with E-state index >= 15 is 0 Å². The van der Waals surface area contributed by atoms with Crippen LogP contribution in [0.4, 0.5) is 0 Å². The highest BCUT2D eigenvalue weighted by molar-refractivity contribution is 9.10. The van der Waals surface area contributed by atoms with Gasteiger partial charge >= 0.3 is 0 Å². The molecule has 0 saturated carbocycles. The van der Waals surface area contributed by atoms with E-state index in [0.29, 0.717) is 6.61 Å². The minimum atomic E-state index is -0.0275. The average Bonchev–Trinajstić information content (AvgIpc) is 2.34. The Bertz CT molecular complexity index is 337. The summed E-state index contributed by atoms with van der Waals surface area (Å²) in [5.41, 5.74) is 1.17. The Labute approximate surface area is 111 Å². The van der Waals surface area contributed by atoms with Crippen molar-refractivity contribution in [2.45, 2.75) is 19.8 Å². The third kappa shape index (κ3) is 4.66. The van der Waals surface area contributed by atoms with Gasteiger partial charge in [0.25, 0.3) is 0 Å². The minimum absolute atomic E-state index is 0.0275. The fourth-order valence-corrected chi connectivity index (χ4v) is 2.12. The maximum atomic E-state index is 8.98. The number of halogens is 1. The first-order valence-electron chi connectivity index (χ1n) is 5.84. The molecule has 0 aliphatic rings. The fraction of sp³-hybridized carbons (Fsp3) is 0.538. The van der Waals surface area contributed by atoms with Gasteiger partial charge in [-0.15, -0.1) is 0 Å². The van der Waals surface area contributed by atoms with Crippen LogP contribution in [-0.4, -0.2) is 30.0 Å². The van der Waals surface area contributed by atoms with Gasteiger partial charge in [0, 0.05) is 19.1 Å². The molecule has 0 heterocycles. The molecule has 4 heteroatoms. The van der Waals surface area contributed by atoms with Gasteiger partial charge in [0.2, 0.25) is 0 Å². The Morgan fingerprint density at radius 3 is 2.53 bits per heavy atom. The lowest BCUT2D eigenvalue weighted by molar-refractivity contribution is 0.144. The molecule has 0 spiro atoms. The van der Waals surface area contributed by atoms with Gasteiger partial charge in [0.05, 0.1) is 11.1 Å². The van der Waals surface area contributed by atoms with Crippen LogP contribution in [-0.2, 0) is 6.42 Å². The quantitative estimate of drug-likeness (QED) is 0.813. The Morgan fingerprint density at radius 1 is 1.29 bits per heavy atom. The van der Waals surface area contributed by atoms with E-state index < -0.39 is 0 Å². The normalized spacial score (nSPS) is 10.9. The first-order chi connectivity index (χ1) is 8.21. The van der Waals surface area contributed by atoms with Crippen molar-refractivity contribution in [1.82, 2.24) is 0 Å². The molecule has 0 aliphatic carbocycles. The second kappa shape index (κ2) is 7.69. The van der Waals surface area contributed by atoms with Crippen LogP contribution in [0.1, 0.15) is 18.9 Å². The summed E-state index contributed by atoms with van der Waals surface area (Å²) in [5.74, 6) is 0.817. The summed E-state index contributed by atoms with van der Waals surface area (Å²) in [4.78, 5) is 0. The molecule has 0 atom stereocenters. The van der Waals surface area contributed by atoms with Gasteiger partial charge in [-0.3, -0.25) is 0 Å². The molecule has 0 unspecified atom stereocenters. The van der Waals surface area contributed by atoms with E-state index in [1.807, 2.05) is 25.1 Å². The zero-order valence-electron chi connectivity index (χ0n) is 10.0. The van der Waals surface area contributed by atoms with E-state index in [9.17, 15) is 0 Å². The SMILES string of the molecule is CCOc1ccc(CCC(CO)CO)cc1Br. The lowest BCUT2D eigenvalue weighted by atomic mass is 10.0. The van der Waals surface area contributed by atoms with Crippen molar-refractivity contribution in [2.24, 2.45) is 5.92 Å².